The van der Waals surface area contributed by atoms with E-state index in [-0.39, 0.29) is 42.8 Å². The Labute approximate surface area is 174 Å². The van der Waals surface area contributed by atoms with Gasteiger partial charge in [-0.15, -0.1) is 0 Å². The van der Waals surface area contributed by atoms with Crippen molar-refractivity contribution in [3.8, 4) is 0 Å². The molecule has 154 valence electrons. The number of carbonyl (C=O) groups is 2. The Hall–Kier alpha value is -3.68. The zero-order chi connectivity index (χ0) is 21.3. The Kier molecular flexibility index (Phi) is 7.15. The highest BCUT2D eigenvalue weighted by Gasteiger charge is 2.19. The van der Waals surface area contributed by atoms with Crippen LogP contribution in [-0.2, 0) is 17.9 Å². The number of pyridine rings is 1. The van der Waals surface area contributed by atoms with Crippen molar-refractivity contribution in [2.45, 2.75) is 26.4 Å². The van der Waals surface area contributed by atoms with Gasteiger partial charge in [-0.2, -0.15) is 0 Å². The lowest BCUT2D eigenvalue weighted by atomic mass is 10.2. The summed E-state index contributed by atoms with van der Waals surface area (Å²) >= 11 is 0. The van der Waals surface area contributed by atoms with Crippen LogP contribution in [0.15, 0.2) is 61.2 Å². The third-order valence-electron chi connectivity index (χ3n) is 4.40. The molecule has 7 nitrogen and oxygen atoms in total. The van der Waals surface area contributed by atoms with E-state index in [1.165, 1.54) is 29.4 Å². The summed E-state index contributed by atoms with van der Waals surface area (Å²) in [7, 11) is 0. The van der Waals surface area contributed by atoms with Crippen molar-refractivity contribution < 1.29 is 14.0 Å². The minimum Gasteiger partial charge on any atom is -0.352 e. The fourth-order valence-corrected chi connectivity index (χ4v) is 2.76. The van der Waals surface area contributed by atoms with Gasteiger partial charge in [0.15, 0.2) is 0 Å². The van der Waals surface area contributed by atoms with Crippen LogP contribution < -0.4 is 5.32 Å². The third-order valence-corrected chi connectivity index (χ3v) is 4.40. The van der Waals surface area contributed by atoms with E-state index in [1.54, 1.807) is 37.5 Å². The normalized spacial score (nSPS) is 10.5. The summed E-state index contributed by atoms with van der Waals surface area (Å²) in [6, 6.07) is 9.56. The maximum atomic E-state index is 13.2. The highest BCUT2D eigenvalue weighted by molar-refractivity contribution is 5.92. The van der Waals surface area contributed by atoms with Crippen LogP contribution in [0.4, 0.5) is 4.39 Å². The number of hydrogen-bond donors (Lipinski definition) is 1. The standard InChI is InChI=1S/C22H22FN5O2/c1-16-11-26-20(14-25-16)22(30)28(15-17-4-6-19(23)7-5-17)10-8-21(29)27-13-18-3-2-9-24-12-18/h2-7,9,11-12,14H,8,10,13,15H2,1H3,(H,27,29). The van der Waals surface area contributed by atoms with Crippen LogP contribution >= 0.6 is 0 Å². The van der Waals surface area contributed by atoms with Crippen LogP contribution in [0.2, 0.25) is 0 Å². The molecular weight excluding hydrogens is 385 g/mol. The maximum absolute atomic E-state index is 13.2. The minimum atomic E-state index is -0.351. The zero-order valence-corrected chi connectivity index (χ0v) is 16.6. The Morgan fingerprint density at radius 2 is 1.83 bits per heavy atom. The lowest BCUT2D eigenvalue weighted by Gasteiger charge is -2.22. The van der Waals surface area contributed by atoms with Gasteiger partial charge in [-0.1, -0.05) is 18.2 Å². The third kappa shape index (κ3) is 6.16. The summed E-state index contributed by atoms with van der Waals surface area (Å²) in [5.41, 5.74) is 2.53. The zero-order valence-electron chi connectivity index (χ0n) is 16.6. The number of aromatic nitrogens is 3. The molecule has 3 aromatic rings. The minimum absolute atomic E-state index is 0.118. The van der Waals surface area contributed by atoms with Gasteiger partial charge in [0.1, 0.15) is 11.5 Å². The van der Waals surface area contributed by atoms with Crippen LogP contribution in [0.25, 0.3) is 0 Å². The molecule has 0 unspecified atom stereocenters. The molecule has 0 saturated carbocycles. The first-order valence-electron chi connectivity index (χ1n) is 9.49. The molecule has 3 rings (SSSR count). The van der Waals surface area contributed by atoms with E-state index in [4.69, 9.17) is 0 Å². The summed E-state index contributed by atoms with van der Waals surface area (Å²) in [5, 5.41) is 2.82. The van der Waals surface area contributed by atoms with Gasteiger partial charge >= 0.3 is 0 Å². The SMILES string of the molecule is Cc1cnc(C(=O)N(CCC(=O)NCc2cccnc2)Cc2ccc(F)cc2)cn1. The topological polar surface area (TPSA) is 88.1 Å². The summed E-state index contributed by atoms with van der Waals surface area (Å²) in [5.74, 6) is -0.881. The maximum Gasteiger partial charge on any atom is 0.274 e. The molecule has 0 fully saturated rings. The Morgan fingerprint density at radius 1 is 1.03 bits per heavy atom. The molecule has 2 amide bonds. The molecule has 8 heteroatoms. The fraction of sp³-hybridized carbons (Fsp3) is 0.227. The van der Waals surface area contributed by atoms with E-state index in [1.807, 2.05) is 6.07 Å². The number of nitrogens with zero attached hydrogens (tertiary/aromatic N) is 4. The molecule has 0 saturated heterocycles. The predicted octanol–water partition coefficient (Wildman–Crippen LogP) is 2.67. The lowest BCUT2D eigenvalue weighted by molar-refractivity contribution is -0.121. The van der Waals surface area contributed by atoms with Gasteiger partial charge in [-0.3, -0.25) is 19.6 Å². The number of benzene rings is 1. The first-order chi connectivity index (χ1) is 14.5. The molecule has 1 N–H and O–H groups in total. The molecule has 0 aliphatic heterocycles. The summed E-state index contributed by atoms with van der Waals surface area (Å²) in [6.07, 6.45) is 6.40. The summed E-state index contributed by atoms with van der Waals surface area (Å²) in [6.45, 7) is 2.56. The smallest absolute Gasteiger partial charge is 0.274 e. The van der Waals surface area contributed by atoms with E-state index in [0.29, 0.717) is 12.2 Å². The van der Waals surface area contributed by atoms with Crippen LogP contribution in [0.3, 0.4) is 0 Å². The second kappa shape index (κ2) is 10.2. The first kappa shape index (κ1) is 21.0. The first-order valence-corrected chi connectivity index (χ1v) is 9.49. The van der Waals surface area contributed by atoms with Gasteiger partial charge in [0, 0.05) is 44.6 Å². The number of hydrogen-bond acceptors (Lipinski definition) is 5. The molecule has 0 spiro atoms. The number of carbonyl (C=O) groups excluding carboxylic acids is 2. The highest BCUT2D eigenvalue weighted by Crippen LogP contribution is 2.11. The van der Waals surface area contributed by atoms with Gasteiger partial charge in [-0.25, -0.2) is 9.37 Å². The molecule has 30 heavy (non-hydrogen) atoms. The molecule has 0 radical (unpaired) electrons. The fourth-order valence-electron chi connectivity index (χ4n) is 2.76. The van der Waals surface area contributed by atoms with Crippen LogP contribution in [0, 0.1) is 12.7 Å². The molecule has 0 aliphatic rings. The van der Waals surface area contributed by atoms with Crippen molar-refractivity contribution in [2.24, 2.45) is 0 Å². The summed E-state index contributed by atoms with van der Waals surface area (Å²) in [4.78, 5) is 39.0. The van der Waals surface area contributed by atoms with E-state index in [0.717, 1.165) is 11.1 Å². The van der Waals surface area contributed by atoms with Gasteiger partial charge in [0.2, 0.25) is 5.91 Å². The van der Waals surface area contributed by atoms with E-state index in [9.17, 15) is 14.0 Å². The second-order valence-corrected chi connectivity index (χ2v) is 6.78. The van der Waals surface area contributed by atoms with E-state index in [2.05, 4.69) is 20.3 Å². The lowest BCUT2D eigenvalue weighted by Crippen LogP contribution is -2.35. The van der Waals surface area contributed by atoms with Crippen LogP contribution in [0.5, 0.6) is 0 Å². The number of amides is 2. The second-order valence-electron chi connectivity index (χ2n) is 6.78. The summed E-state index contributed by atoms with van der Waals surface area (Å²) < 4.78 is 13.2. The number of halogens is 1. The molecule has 2 aromatic heterocycles. The molecule has 2 heterocycles. The molecule has 0 atom stereocenters. The van der Waals surface area contributed by atoms with Crippen LogP contribution in [-0.4, -0.2) is 38.2 Å². The van der Waals surface area contributed by atoms with Crippen molar-refractivity contribution in [3.63, 3.8) is 0 Å². The average molecular weight is 407 g/mol. The monoisotopic (exact) mass is 407 g/mol. The van der Waals surface area contributed by atoms with Crippen molar-refractivity contribution in [3.05, 3.63) is 89.5 Å². The number of rotatable bonds is 8. The Bertz CT molecular complexity index is 979. The van der Waals surface area contributed by atoms with Crippen LogP contribution in [0.1, 0.15) is 33.7 Å². The predicted molar refractivity (Wildman–Crippen MR) is 109 cm³/mol. The van der Waals surface area contributed by atoms with Gasteiger partial charge in [0.25, 0.3) is 5.91 Å². The van der Waals surface area contributed by atoms with Gasteiger partial charge in [0.05, 0.1) is 11.9 Å². The van der Waals surface area contributed by atoms with Crippen molar-refractivity contribution in [1.29, 1.82) is 0 Å². The van der Waals surface area contributed by atoms with E-state index >= 15 is 0 Å². The molecule has 0 aliphatic carbocycles. The quantitative estimate of drug-likeness (QED) is 0.620. The molecular formula is C22H22FN5O2. The average Bonchev–Trinajstić information content (AvgIpc) is 2.77. The van der Waals surface area contributed by atoms with E-state index < -0.39 is 0 Å². The number of nitrogens with one attached hydrogen (secondary N) is 1. The highest BCUT2D eigenvalue weighted by atomic mass is 19.1. The Morgan fingerprint density at radius 3 is 2.50 bits per heavy atom. The Balaban J connectivity index is 1.65. The van der Waals surface area contributed by atoms with Crippen molar-refractivity contribution in [1.82, 2.24) is 25.2 Å². The number of aryl methyl sites for hydroxylation is 1. The van der Waals surface area contributed by atoms with Crippen molar-refractivity contribution in [2.75, 3.05) is 6.54 Å². The largest absolute Gasteiger partial charge is 0.352 e. The van der Waals surface area contributed by atoms with Crippen molar-refractivity contribution >= 4 is 11.8 Å². The van der Waals surface area contributed by atoms with Gasteiger partial charge < -0.3 is 10.2 Å². The van der Waals surface area contributed by atoms with Gasteiger partial charge in [-0.05, 0) is 36.2 Å². The molecule has 1 aromatic carbocycles. The molecule has 0 bridgehead atoms.